The van der Waals surface area contributed by atoms with Crippen molar-refractivity contribution in [1.29, 1.82) is 0 Å². The number of piperidine rings is 1. The van der Waals surface area contributed by atoms with Gasteiger partial charge in [0.1, 0.15) is 10.2 Å². The predicted molar refractivity (Wildman–Crippen MR) is 93.5 cm³/mol. The molecule has 5 nitrogen and oxygen atoms in total. The van der Waals surface area contributed by atoms with E-state index in [9.17, 15) is 4.79 Å². The normalized spacial score (nSPS) is 15.8. The molecule has 0 bridgehead atoms. The van der Waals surface area contributed by atoms with Gasteiger partial charge in [-0.25, -0.2) is 4.98 Å². The molecule has 6 heteroatoms. The van der Waals surface area contributed by atoms with Crippen LogP contribution in [-0.4, -0.2) is 33.9 Å². The minimum absolute atomic E-state index is 0.00661. The quantitative estimate of drug-likeness (QED) is 0.719. The van der Waals surface area contributed by atoms with Gasteiger partial charge in [0.25, 0.3) is 5.91 Å². The first-order valence-electron chi connectivity index (χ1n) is 8.05. The SMILES string of the molecule is O=C(c1ccc[nH]c1=S)N1CCC(c2nc3ccccc3o2)CC1. The van der Waals surface area contributed by atoms with E-state index in [1.54, 1.807) is 18.3 Å². The third-order valence-electron chi connectivity index (χ3n) is 4.49. The maximum absolute atomic E-state index is 12.6. The van der Waals surface area contributed by atoms with Crippen molar-refractivity contribution in [2.24, 2.45) is 0 Å². The Morgan fingerprint density at radius 2 is 2.00 bits per heavy atom. The highest BCUT2D eigenvalue weighted by molar-refractivity contribution is 7.71. The Bertz CT molecular complexity index is 905. The second-order valence-corrected chi connectivity index (χ2v) is 6.41. The summed E-state index contributed by atoms with van der Waals surface area (Å²) in [5.41, 5.74) is 2.27. The topological polar surface area (TPSA) is 62.1 Å². The molecule has 3 aromatic rings. The monoisotopic (exact) mass is 339 g/mol. The Morgan fingerprint density at radius 3 is 2.75 bits per heavy atom. The Kier molecular flexibility index (Phi) is 3.90. The van der Waals surface area contributed by atoms with Gasteiger partial charge in [-0.3, -0.25) is 4.79 Å². The summed E-state index contributed by atoms with van der Waals surface area (Å²) in [6.45, 7) is 1.37. The summed E-state index contributed by atoms with van der Waals surface area (Å²) >= 11 is 5.21. The highest BCUT2D eigenvalue weighted by Gasteiger charge is 2.27. The molecule has 0 unspecified atom stereocenters. The summed E-state index contributed by atoms with van der Waals surface area (Å²) in [5.74, 6) is 1.03. The van der Waals surface area contributed by atoms with E-state index in [0.717, 1.165) is 29.8 Å². The molecule has 0 atom stereocenters. The number of H-pyrrole nitrogens is 1. The second kappa shape index (κ2) is 6.20. The van der Waals surface area contributed by atoms with Crippen molar-refractivity contribution < 1.29 is 9.21 Å². The minimum atomic E-state index is -0.00661. The summed E-state index contributed by atoms with van der Waals surface area (Å²) in [5, 5.41) is 0. The van der Waals surface area contributed by atoms with E-state index in [0.29, 0.717) is 23.3 Å². The van der Waals surface area contributed by atoms with E-state index in [4.69, 9.17) is 16.6 Å². The number of carbonyl (C=O) groups excluding carboxylic acids is 1. The van der Waals surface area contributed by atoms with Crippen LogP contribution in [0.1, 0.15) is 35.0 Å². The van der Waals surface area contributed by atoms with Crippen LogP contribution in [0.15, 0.2) is 47.0 Å². The number of oxazole rings is 1. The first-order chi connectivity index (χ1) is 11.7. The zero-order valence-electron chi connectivity index (χ0n) is 13.1. The Hall–Kier alpha value is -2.47. The Morgan fingerprint density at radius 1 is 1.21 bits per heavy atom. The molecule has 1 fully saturated rings. The standard InChI is InChI=1S/C18H17N3O2S/c22-18(13-4-3-9-19-17(13)24)21-10-7-12(8-11-21)16-20-14-5-1-2-6-15(14)23-16/h1-6,9,12H,7-8,10-11H2,(H,19,24). The zero-order chi connectivity index (χ0) is 16.5. The first-order valence-corrected chi connectivity index (χ1v) is 8.45. The van der Waals surface area contributed by atoms with Crippen molar-refractivity contribution >= 4 is 29.2 Å². The number of pyridine rings is 1. The van der Waals surface area contributed by atoms with E-state index < -0.39 is 0 Å². The molecule has 3 heterocycles. The number of aromatic amines is 1. The van der Waals surface area contributed by atoms with Crippen molar-refractivity contribution in [2.75, 3.05) is 13.1 Å². The van der Waals surface area contributed by atoms with E-state index in [-0.39, 0.29) is 11.8 Å². The van der Waals surface area contributed by atoms with Crippen LogP contribution in [0, 0.1) is 4.64 Å². The van der Waals surface area contributed by atoms with Gasteiger partial charge in [-0.05, 0) is 37.1 Å². The summed E-state index contributed by atoms with van der Waals surface area (Å²) in [6, 6.07) is 11.4. The lowest BCUT2D eigenvalue weighted by Crippen LogP contribution is -2.38. The van der Waals surface area contributed by atoms with E-state index in [1.165, 1.54) is 0 Å². The smallest absolute Gasteiger partial charge is 0.256 e. The molecule has 122 valence electrons. The molecular formula is C18H17N3O2S. The van der Waals surface area contributed by atoms with Gasteiger partial charge in [0.15, 0.2) is 11.5 Å². The maximum Gasteiger partial charge on any atom is 0.256 e. The lowest BCUT2D eigenvalue weighted by atomic mass is 9.96. The van der Waals surface area contributed by atoms with Gasteiger partial charge in [0, 0.05) is 25.2 Å². The van der Waals surface area contributed by atoms with Crippen LogP contribution in [0.4, 0.5) is 0 Å². The molecule has 1 aliphatic heterocycles. The molecule has 4 rings (SSSR count). The highest BCUT2D eigenvalue weighted by Crippen LogP contribution is 2.30. The van der Waals surface area contributed by atoms with Gasteiger partial charge in [-0.15, -0.1) is 0 Å². The highest BCUT2D eigenvalue weighted by atomic mass is 32.1. The van der Waals surface area contributed by atoms with Crippen molar-refractivity contribution in [3.63, 3.8) is 0 Å². The van der Waals surface area contributed by atoms with E-state index in [2.05, 4.69) is 9.97 Å². The number of hydrogen-bond donors (Lipinski definition) is 1. The predicted octanol–water partition coefficient (Wildman–Crippen LogP) is 3.91. The Balaban J connectivity index is 1.47. The van der Waals surface area contributed by atoms with Crippen molar-refractivity contribution in [2.45, 2.75) is 18.8 Å². The van der Waals surface area contributed by atoms with E-state index >= 15 is 0 Å². The fraction of sp³-hybridized carbons (Fsp3) is 0.278. The number of likely N-dealkylation sites (tertiary alicyclic amines) is 1. The number of nitrogens with zero attached hydrogens (tertiary/aromatic N) is 2. The van der Waals surface area contributed by atoms with Gasteiger partial charge in [0.05, 0.1) is 5.56 Å². The fourth-order valence-electron chi connectivity index (χ4n) is 3.15. The molecule has 1 aliphatic rings. The van der Waals surface area contributed by atoms with Gasteiger partial charge in [-0.1, -0.05) is 24.4 Å². The number of fused-ring (bicyclic) bond motifs is 1. The van der Waals surface area contributed by atoms with Gasteiger partial charge in [-0.2, -0.15) is 0 Å². The van der Waals surface area contributed by atoms with Crippen LogP contribution >= 0.6 is 12.2 Å². The van der Waals surface area contributed by atoms with Crippen LogP contribution in [0.5, 0.6) is 0 Å². The molecule has 0 radical (unpaired) electrons. The number of aromatic nitrogens is 2. The summed E-state index contributed by atoms with van der Waals surface area (Å²) in [7, 11) is 0. The maximum atomic E-state index is 12.6. The van der Waals surface area contributed by atoms with Crippen LogP contribution < -0.4 is 0 Å². The van der Waals surface area contributed by atoms with Crippen LogP contribution in [0.3, 0.4) is 0 Å². The second-order valence-electron chi connectivity index (χ2n) is 6.00. The molecule has 1 amide bonds. The molecule has 2 aromatic heterocycles. The summed E-state index contributed by atoms with van der Waals surface area (Å²) in [6.07, 6.45) is 3.43. The van der Waals surface area contributed by atoms with Crippen LogP contribution in [0.2, 0.25) is 0 Å². The van der Waals surface area contributed by atoms with Crippen molar-refractivity contribution in [3.05, 3.63) is 58.7 Å². The van der Waals surface area contributed by atoms with Gasteiger partial charge < -0.3 is 14.3 Å². The number of hydrogen-bond acceptors (Lipinski definition) is 4. The lowest BCUT2D eigenvalue weighted by molar-refractivity contribution is 0.0705. The molecule has 1 aromatic carbocycles. The number of benzene rings is 1. The molecule has 0 aliphatic carbocycles. The Labute approximate surface area is 144 Å². The number of para-hydroxylation sites is 2. The number of nitrogens with one attached hydrogen (secondary N) is 1. The van der Waals surface area contributed by atoms with Gasteiger partial charge in [0.2, 0.25) is 0 Å². The first kappa shape index (κ1) is 15.1. The number of amides is 1. The molecule has 0 spiro atoms. The third-order valence-corrected chi connectivity index (χ3v) is 4.83. The summed E-state index contributed by atoms with van der Waals surface area (Å²) in [4.78, 5) is 22.0. The van der Waals surface area contributed by atoms with E-state index in [1.807, 2.05) is 29.2 Å². The lowest BCUT2D eigenvalue weighted by Gasteiger charge is -2.30. The molecule has 1 N–H and O–H groups in total. The van der Waals surface area contributed by atoms with Crippen molar-refractivity contribution in [3.8, 4) is 0 Å². The average molecular weight is 339 g/mol. The average Bonchev–Trinajstić information content (AvgIpc) is 3.06. The third kappa shape index (κ3) is 2.73. The molecule has 24 heavy (non-hydrogen) atoms. The number of rotatable bonds is 2. The largest absolute Gasteiger partial charge is 0.440 e. The van der Waals surface area contributed by atoms with Gasteiger partial charge >= 0.3 is 0 Å². The number of carbonyl (C=O) groups is 1. The van der Waals surface area contributed by atoms with Crippen LogP contribution in [0.25, 0.3) is 11.1 Å². The summed E-state index contributed by atoms with van der Waals surface area (Å²) < 4.78 is 6.36. The van der Waals surface area contributed by atoms with Crippen molar-refractivity contribution in [1.82, 2.24) is 14.9 Å². The zero-order valence-corrected chi connectivity index (χ0v) is 13.9. The molecule has 1 saturated heterocycles. The molecular weight excluding hydrogens is 322 g/mol. The fourth-order valence-corrected chi connectivity index (χ4v) is 3.38. The van der Waals surface area contributed by atoms with Crippen LogP contribution in [-0.2, 0) is 0 Å². The minimum Gasteiger partial charge on any atom is -0.440 e. The molecule has 0 saturated carbocycles.